The van der Waals surface area contributed by atoms with Crippen LogP contribution in [0.4, 0.5) is 5.69 Å². The zero-order valence-electron chi connectivity index (χ0n) is 18.7. The topological polar surface area (TPSA) is 76.0 Å². The van der Waals surface area contributed by atoms with Gasteiger partial charge in [-0.15, -0.1) is 0 Å². The van der Waals surface area contributed by atoms with Crippen molar-refractivity contribution in [2.75, 3.05) is 5.32 Å². The number of aryl methyl sites for hydroxylation is 1. The number of anilines is 1. The van der Waals surface area contributed by atoms with Gasteiger partial charge in [-0.2, -0.15) is 5.10 Å². The van der Waals surface area contributed by atoms with E-state index in [0.29, 0.717) is 23.4 Å². The average Bonchev–Trinajstić information content (AvgIpc) is 3.21. The molecule has 2 N–H and O–H groups in total. The van der Waals surface area contributed by atoms with Gasteiger partial charge in [0, 0.05) is 12.1 Å². The van der Waals surface area contributed by atoms with Crippen molar-refractivity contribution in [3.8, 4) is 5.69 Å². The van der Waals surface area contributed by atoms with E-state index >= 15 is 0 Å². The van der Waals surface area contributed by atoms with Crippen LogP contribution in [0.5, 0.6) is 0 Å². The van der Waals surface area contributed by atoms with E-state index in [1.54, 1.807) is 10.9 Å². The molecule has 6 nitrogen and oxygen atoms in total. The Hall–Kier alpha value is -4.19. The van der Waals surface area contributed by atoms with Crippen LogP contribution >= 0.6 is 0 Å². The molecule has 1 unspecified atom stereocenters. The first-order valence-electron chi connectivity index (χ1n) is 10.8. The van der Waals surface area contributed by atoms with E-state index in [1.165, 1.54) is 0 Å². The SMILES string of the molecule is Cc1ccccc1-n1ncc(C(=O)NC(Cc2ccccc2)C(=O)Nc2ccccc2)c1C. The van der Waals surface area contributed by atoms with Gasteiger partial charge in [0.25, 0.3) is 5.91 Å². The number of amides is 2. The number of carbonyl (C=O) groups is 2. The summed E-state index contributed by atoms with van der Waals surface area (Å²) in [6.07, 6.45) is 1.92. The summed E-state index contributed by atoms with van der Waals surface area (Å²) in [5.74, 6) is -0.612. The van der Waals surface area contributed by atoms with E-state index in [9.17, 15) is 9.59 Å². The van der Waals surface area contributed by atoms with E-state index in [4.69, 9.17) is 0 Å². The molecule has 0 saturated heterocycles. The first kappa shape index (κ1) is 22.0. The van der Waals surface area contributed by atoms with Crippen LogP contribution in [-0.4, -0.2) is 27.6 Å². The highest BCUT2D eigenvalue weighted by molar-refractivity contribution is 6.01. The van der Waals surface area contributed by atoms with Crippen LogP contribution in [0.15, 0.2) is 91.1 Å². The predicted octanol–water partition coefficient (Wildman–Crippen LogP) is 4.47. The minimum absolute atomic E-state index is 0.276. The molecule has 0 fully saturated rings. The Labute approximate surface area is 193 Å². The number of nitrogens with one attached hydrogen (secondary N) is 2. The van der Waals surface area contributed by atoms with Crippen LogP contribution in [0.25, 0.3) is 5.69 Å². The Morgan fingerprint density at radius 1 is 0.879 bits per heavy atom. The molecule has 166 valence electrons. The highest BCUT2D eigenvalue weighted by Crippen LogP contribution is 2.18. The van der Waals surface area contributed by atoms with Gasteiger partial charge in [0.1, 0.15) is 6.04 Å². The molecule has 4 rings (SSSR count). The minimum Gasteiger partial charge on any atom is -0.340 e. The number of benzene rings is 3. The van der Waals surface area contributed by atoms with Crippen molar-refractivity contribution in [3.05, 3.63) is 114 Å². The molecule has 0 saturated carbocycles. The van der Waals surface area contributed by atoms with Crippen LogP contribution in [0.1, 0.15) is 27.2 Å². The number of nitrogens with zero attached hydrogens (tertiary/aromatic N) is 2. The summed E-state index contributed by atoms with van der Waals surface area (Å²) in [5.41, 5.74) is 4.75. The highest BCUT2D eigenvalue weighted by atomic mass is 16.2. The molecule has 0 aliphatic heterocycles. The van der Waals surface area contributed by atoms with Crippen molar-refractivity contribution >= 4 is 17.5 Å². The Balaban J connectivity index is 1.57. The summed E-state index contributed by atoms with van der Waals surface area (Å²) in [6, 6.07) is 26.0. The maximum atomic E-state index is 13.2. The maximum Gasteiger partial charge on any atom is 0.255 e. The standard InChI is InChI=1S/C27H26N4O2/c1-19-11-9-10-16-25(19)31-20(2)23(18-28-31)26(32)30-24(17-21-12-5-3-6-13-21)27(33)29-22-14-7-4-8-15-22/h3-16,18,24H,17H2,1-2H3,(H,29,33)(H,30,32). The molecule has 1 aromatic heterocycles. The van der Waals surface area contributed by atoms with Crippen molar-refractivity contribution < 1.29 is 9.59 Å². The first-order chi connectivity index (χ1) is 16.0. The Kier molecular flexibility index (Phi) is 6.64. The van der Waals surface area contributed by atoms with Crippen molar-refractivity contribution in [1.29, 1.82) is 0 Å². The lowest BCUT2D eigenvalue weighted by atomic mass is 10.0. The lowest BCUT2D eigenvalue weighted by Crippen LogP contribution is -2.45. The molecule has 3 aromatic carbocycles. The number of para-hydroxylation sites is 2. The average molecular weight is 439 g/mol. The zero-order valence-corrected chi connectivity index (χ0v) is 18.7. The summed E-state index contributed by atoms with van der Waals surface area (Å²) in [4.78, 5) is 26.3. The summed E-state index contributed by atoms with van der Waals surface area (Å²) >= 11 is 0. The lowest BCUT2D eigenvalue weighted by molar-refractivity contribution is -0.118. The number of hydrogen-bond donors (Lipinski definition) is 2. The molecule has 0 aliphatic carbocycles. The predicted molar refractivity (Wildman–Crippen MR) is 130 cm³/mol. The second-order valence-corrected chi connectivity index (χ2v) is 7.91. The van der Waals surface area contributed by atoms with Crippen LogP contribution in [0.3, 0.4) is 0 Å². The zero-order chi connectivity index (χ0) is 23.2. The van der Waals surface area contributed by atoms with Crippen LogP contribution < -0.4 is 10.6 Å². The fraction of sp³-hybridized carbons (Fsp3) is 0.148. The summed E-state index contributed by atoms with van der Waals surface area (Å²) in [6.45, 7) is 3.85. The highest BCUT2D eigenvalue weighted by Gasteiger charge is 2.24. The lowest BCUT2D eigenvalue weighted by Gasteiger charge is -2.19. The van der Waals surface area contributed by atoms with E-state index in [2.05, 4.69) is 15.7 Å². The fourth-order valence-corrected chi connectivity index (χ4v) is 3.72. The Morgan fingerprint density at radius 2 is 1.52 bits per heavy atom. The van der Waals surface area contributed by atoms with E-state index < -0.39 is 6.04 Å². The van der Waals surface area contributed by atoms with Crippen molar-refractivity contribution in [2.24, 2.45) is 0 Å². The Morgan fingerprint density at radius 3 is 2.21 bits per heavy atom. The normalized spacial score (nSPS) is 11.6. The van der Waals surface area contributed by atoms with Crippen molar-refractivity contribution in [2.45, 2.75) is 26.3 Å². The van der Waals surface area contributed by atoms with E-state index in [-0.39, 0.29) is 11.8 Å². The number of aromatic nitrogens is 2. The second-order valence-electron chi connectivity index (χ2n) is 7.91. The second kappa shape index (κ2) is 9.96. The number of rotatable bonds is 7. The fourth-order valence-electron chi connectivity index (χ4n) is 3.72. The van der Waals surface area contributed by atoms with Gasteiger partial charge in [-0.3, -0.25) is 9.59 Å². The third-order valence-electron chi connectivity index (χ3n) is 5.54. The minimum atomic E-state index is -0.749. The largest absolute Gasteiger partial charge is 0.340 e. The van der Waals surface area contributed by atoms with E-state index in [1.807, 2.05) is 98.8 Å². The summed E-state index contributed by atoms with van der Waals surface area (Å²) in [7, 11) is 0. The molecule has 0 radical (unpaired) electrons. The third-order valence-corrected chi connectivity index (χ3v) is 5.54. The van der Waals surface area contributed by atoms with Gasteiger partial charge in [0.2, 0.25) is 5.91 Å². The van der Waals surface area contributed by atoms with Gasteiger partial charge in [-0.1, -0.05) is 66.7 Å². The van der Waals surface area contributed by atoms with Crippen LogP contribution in [0, 0.1) is 13.8 Å². The van der Waals surface area contributed by atoms with Gasteiger partial charge in [0.05, 0.1) is 23.1 Å². The molecule has 0 bridgehead atoms. The molecule has 0 aliphatic rings. The number of hydrogen-bond acceptors (Lipinski definition) is 3. The van der Waals surface area contributed by atoms with Crippen molar-refractivity contribution in [1.82, 2.24) is 15.1 Å². The molecular formula is C27H26N4O2. The van der Waals surface area contributed by atoms with Crippen LogP contribution in [0.2, 0.25) is 0 Å². The van der Waals surface area contributed by atoms with Gasteiger partial charge in [0.15, 0.2) is 0 Å². The molecule has 33 heavy (non-hydrogen) atoms. The molecule has 2 amide bonds. The number of carbonyl (C=O) groups excluding carboxylic acids is 2. The summed E-state index contributed by atoms with van der Waals surface area (Å²) in [5, 5.41) is 10.2. The summed E-state index contributed by atoms with van der Waals surface area (Å²) < 4.78 is 1.75. The van der Waals surface area contributed by atoms with E-state index in [0.717, 1.165) is 16.8 Å². The first-order valence-corrected chi connectivity index (χ1v) is 10.8. The molecule has 6 heteroatoms. The van der Waals surface area contributed by atoms with Gasteiger partial charge >= 0.3 is 0 Å². The quantitative estimate of drug-likeness (QED) is 0.447. The van der Waals surface area contributed by atoms with Crippen molar-refractivity contribution in [3.63, 3.8) is 0 Å². The Bertz CT molecular complexity index is 1250. The van der Waals surface area contributed by atoms with Gasteiger partial charge in [-0.25, -0.2) is 4.68 Å². The van der Waals surface area contributed by atoms with Gasteiger partial charge in [-0.05, 0) is 43.2 Å². The molecular weight excluding hydrogens is 412 g/mol. The molecule has 1 atom stereocenters. The third kappa shape index (κ3) is 5.18. The molecule has 4 aromatic rings. The smallest absolute Gasteiger partial charge is 0.255 e. The van der Waals surface area contributed by atoms with Crippen LogP contribution in [-0.2, 0) is 11.2 Å². The maximum absolute atomic E-state index is 13.2. The van der Waals surface area contributed by atoms with Gasteiger partial charge < -0.3 is 10.6 Å². The molecule has 1 heterocycles. The monoisotopic (exact) mass is 438 g/mol. The molecule has 0 spiro atoms.